The topological polar surface area (TPSA) is 75.5 Å². The number of hydrogen-bond donors (Lipinski definition) is 0. The van der Waals surface area contributed by atoms with Crippen molar-refractivity contribution in [2.24, 2.45) is 11.8 Å². The Morgan fingerprint density at radius 2 is 1.83 bits per heavy atom. The summed E-state index contributed by atoms with van der Waals surface area (Å²) in [6, 6.07) is 11.9. The van der Waals surface area contributed by atoms with E-state index in [4.69, 9.17) is 0 Å². The molecule has 0 bridgehead atoms. The van der Waals surface area contributed by atoms with Gasteiger partial charge in [-0.1, -0.05) is 18.2 Å². The summed E-state index contributed by atoms with van der Waals surface area (Å²) in [4.78, 5) is 14.9. The minimum atomic E-state index is -3.30. The third-order valence-corrected chi connectivity index (χ3v) is 7.94. The molecule has 2 aromatic carbocycles. The number of hydrogen-bond acceptors (Lipinski definition) is 4. The predicted octanol–water partition coefficient (Wildman–Crippen LogP) is 2.41. The van der Waals surface area contributed by atoms with Gasteiger partial charge in [-0.15, -0.1) is 0 Å². The van der Waals surface area contributed by atoms with Gasteiger partial charge in [-0.25, -0.2) is 21.8 Å². The number of fused-ring (bicyclic) bond motifs is 2. The maximum Gasteiger partial charge on any atom is 0.231 e. The van der Waals surface area contributed by atoms with Gasteiger partial charge in [0.15, 0.2) is 0 Å². The van der Waals surface area contributed by atoms with Gasteiger partial charge < -0.3 is 4.90 Å². The number of carbonyl (C=O) groups excluding carboxylic acids is 1. The van der Waals surface area contributed by atoms with Crippen LogP contribution in [0, 0.1) is 17.7 Å². The Balaban J connectivity index is 1.49. The van der Waals surface area contributed by atoms with Crippen LogP contribution in [0.4, 0.5) is 10.1 Å². The van der Waals surface area contributed by atoms with E-state index in [1.807, 2.05) is 18.2 Å². The van der Waals surface area contributed by atoms with E-state index in [9.17, 15) is 17.6 Å². The molecule has 3 aromatic rings. The lowest BCUT2D eigenvalue weighted by atomic mass is 10.0. The van der Waals surface area contributed by atoms with E-state index < -0.39 is 10.0 Å². The Morgan fingerprint density at radius 3 is 2.57 bits per heavy atom. The molecule has 0 radical (unpaired) electrons. The molecule has 30 heavy (non-hydrogen) atoms. The monoisotopic (exact) mass is 428 g/mol. The van der Waals surface area contributed by atoms with Gasteiger partial charge >= 0.3 is 0 Å². The number of sulfonamides is 1. The molecule has 3 heterocycles. The highest BCUT2D eigenvalue weighted by atomic mass is 32.2. The summed E-state index contributed by atoms with van der Waals surface area (Å²) in [7, 11) is -3.30. The number of amides is 1. The molecule has 156 valence electrons. The molecule has 7 nitrogen and oxygen atoms in total. The summed E-state index contributed by atoms with van der Waals surface area (Å²) in [6.07, 6.45) is 1.65. The van der Waals surface area contributed by atoms with Crippen LogP contribution in [0.3, 0.4) is 0 Å². The van der Waals surface area contributed by atoms with E-state index in [0.29, 0.717) is 24.3 Å². The summed E-state index contributed by atoms with van der Waals surface area (Å²) in [5.41, 5.74) is 1.77. The first kappa shape index (κ1) is 19.2. The minimum Gasteiger partial charge on any atom is -0.311 e. The second kappa shape index (κ2) is 6.88. The number of aromatic nitrogens is 2. The van der Waals surface area contributed by atoms with Crippen molar-refractivity contribution in [2.75, 3.05) is 30.3 Å². The van der Waals surface area contributed by atoms with Crippen LogP contribution in [0.1, 0.15) is 6.92 Å². The summed E-state index contributed by atoms with van der Waals surface area (Å²) >= 11 is 0. The molecule has 2 aliphatic rings. The molecular formula is C21H21FN4O3S. The van der Waals surface area contributed by atoms with E-state index in [1.54, 1.807) is 36.2 Å². The smallest absolute Gasteiger partial charge is 0.231 e. The molecule has 2 atom stereocenters. The molecule has 1 aromatic heterocycles. The average molecular weight is 428 g/mol. The molecular weight excluding hydrogens is 407 g/mol. The molecule has 0 unspecified atom stereocenters. The SMILES string of the molecule is CCS(=O)(=O)N1C[C@@H]2CN(c3cccc4c3cnn4-c3ccccc3F)C(=O)[C@@H]2C1. The van der Waals surface area contributed by atoms with Gasteiger partial charge in [-0.2, -0.15) is 5.10 Å². The maximum absolute atomic E-state index is 14.3. The first-order valence-electron chi connectivity index (χ1n) is 9.91. The third-order valence-electron chi connectivity index (χ3n) is 6.13. The van der Waals surface area contributed by atoms with Gasteiger partial charge in [0.25, 0.3) is 0 Å². The number of rotatable bonds is 4. The molecule has 2 fully saturated rings. The maximum atomic E-state index is 14.3. The van der Waals surface area contributed by atoms with Crippen molar-refractivity contribution in [1.82, 2.24) is 14.1 Å². The first-order valence-corrected chi connectivity index (χ1v) is 11.5. The molecule has 1 amide bonds. The normalized spacial score (nSPS) is 22.2. The van der Waals surface area contributed by atoms with Gasteiger partial charge in [0.05, 0.1) is 29.1 Å². The zero-order valence-electron chi connectivity index (χ0n) is 16.4. The van der Waals surface area contributed by atoms with Gasteiger partial charge in [-0.3, -0.25) is 4.79 Å². The first-order chi connectivity index (χ1) is 14.4. The lowest BCUT2D eigenvalue weighted by Gasteiger charge is -2.22. The van der Waals surface area contributed by atoms with Crippen LogP contribution in [-0.4, -0.2) is 53.8 Å². The van der Waals surface area contributed by atoms with Crippen LogP contribution in [-0.2, 0) is 14.8 Å². The van der Waals surface area contributed by atoms with Gasteiger partial charge in [0.2, 0.25) is 15.9 Å². The second-order valence-electron chi connectivity index (χ2n) is 7.75. The highest BCUT2D eigenvalue weighted by molar-refractivity contribution is 7.89. The third kappa shape index (κ3) is 2.84. The Hall–Kier alpha value is -2.78. The van der Waals surface area contributed by atoms with E-state index in [2.05, 4.69) is 5.10 Å². The van der Waals surface area contributed by atoms with Crippen LogP contribution >= 0.6 is 0 Å². The van der Waals surface area contributed by atoms with E-state index in [0.717, 1.165) is 11.1 Å². The fourth-order valence-corrected chi connectivity index (χ4v) is 5.71. The largest absolute Gasteiger partial charge is 0.311 e. The van der Waals surface area contributed by atoms with Crippen LogP contribution in [0.25, 0.3) is 16.6 Å². The number of carbonyl (C=O) groups is 1. The summed E-state index contributed by atoms with van der Waals surface area (Å²) < 4.78 is 41.6. The number of halogens is 1. The molecule has 2 saturated heterocycles. The predicted molar refractivity (Wildman–Crippen MR) is 111 cm³/mol. The highest BCUT2D eigenvalue weighted by Gasteiger charge is 2.49. The number of nitrogens with zero attached hydrogens (tertiary/aromatic N) is 4. The van der Waals surface area contributed by atoms with Crippen molar-refractivity contribution in [1.29, 1.82) is 0 Å². The van der Waals surface area contributed by atoms with Crippen molar-refractivity contribution in [3.8, 4) is 5.69 Å². The Morgan fingerprint density at radius 1 is 1.07 bits per heavy atom. The van der Waals surface area contributed by atoms with Crippen molar-refractivity contribution < 1.29 is 17.6 Å². The fourth-order valence-electron chi connectivity index (χ4n) is 4.53. The van der Waals surface area contributed by atoms with Gasteiger partial charge in [0, 0.05) is 30.9 Å². The molecule has 5 rings (SSSR count). The lowest BCUT2D eigenvalue weighted by molar-refractivity contribution is -0.120. The number of anilines is 1. The summed E-state index contributed by atoms with van der Waals surface area (Å²) in [5, 5.41) is 5.12. The standard InChI is InChI=1S/C21H21FN4O3S/c1-2-30(28,29)24-11-14-12-25(21(27)16(14)13-24)18-8-5-9-19-15(18)10-23-26(19)20-7-4-3-6-17(20)22/h3-10,14,16H,2,11-13H2,1H3/t14-,16-/m1/s1. The average Bonchev–Trinajstić information content (AvgIpc) is 3.43. The molecule has 9 heteroatoms. The molecule has 0 N–H and O–H groups in total. The van der Waals surface area contributed by atoms with Crippen LogP contribution in [0.15, 0.2) is 48.7 Å². The molecule has 0 spiro atoms. The van der Waals surface area contributed by atoms with Crippen LogP contribution in [0.2, 0.25) is 0 Å². The van der Waals surface area contributed by atoms with Crippen molar-refractivity contribution >= 4 is 32.5 Å². The number of benzene rings is 2. The van der Waals surface area contributed by atoms with E-state index in [1.165, 1.54) is 15.1 Å². The summed E-state index contributed by atoms with van der Waals surface area (Å²) in [6.45, 7) is 2.68. The fraction of sp³-hybridized carbons (Fsp3) is 0.333. The van der Waals surface area contributed by atoms with Crippen molar-refractivity contribution in [2.45, 2.75) is 6.92 Å². The Bertz CT molecular complexity index is 1260. The Labute approximate surface area is 173 Å². The zero-order chi connectivity index (χ0) is 21.0. The quantitative estimate of drug-likeness (QED) is 0.640. The molecule has 0 aliphatic carbocycles. The van der Waals surface area contributed by atoms with Crippen molar-refractivity contribution in [3.05, 3.63) is 54.5 Å². The molecule has 0 saturated carbocycles. The minimum absolute atomic E-state index is 0.0318. The number of para-hydroxylation sites is 1. The lowest BCUT2D eigenvalue weighted by Crippen LogP contribution is -2.36. The van der Waals surface area contributed by atoms with Crippen LogP contribution < -0.4 is 4.90 Å². The van der Waals surface area contributed by atoms with Gasteiger partial charge in [0.1, 0.15) is 11.5 Å². The van der Waals surface area contributed by atoms with Crippen LogP contribution in [0.5, 0.6) is 0 Å². The highest BCUT2D eigenvalue weighted by Crippen LogP contribution is 2.39. The zero-order valence-corrected chi connectivity index (χ0v) is 17.2. The van der Waals surface area contributed by atoms with Crippen molar-refractivity contribution in [3.63, 3.8) is 0 Å². The summed E-state index contributed by atoms with van der Waals surface area (Å²) in [5.74, 6) is -0.769. The second-order valence-corrected chi connectivity index (χ2v) is 10.0. The molecule has 2 aliphatic heterocycles. The van der Waals surface area contributed by atoms with Gasteiger partial charge in [-0.05, 0) is 31.2 Å². The Kier molecular flexibility index (Phi) is 4.41. The van der Waals surface area contributed by atoms with E-state index >= 15 is 0 Å². The van der Waals surface area contributed by atoms with E-state index in [-0.39, 0.29) is 35.9 Å².